The van der Waals surface area contributed by atoms with Gasteiger partial charge in [-0.05, 0) is 105 Å². The van der Waals surface area contributed by atoms with Crippen LogP contribution in [-0.2, 0) is 16.2 Å². The summed E-state index contributed by atoms with van der Waals surface area (Å²) in [6.07, 6.45) is 2.19. The fourth-order valence-electron chi connectivity index (χ4n) is 9.42. The first-order chi connectivity index (χ1) is 23.5. The van der Waals surface area contributed by atoms with Gasteiger partial charge in [0.05, 0.1) is 11.3 Å². The molecule has 0 amide bonds. The van der Waals surface area contributed by atoms with Gasteiger partial charge in [-0.2, -0.15) is 0 Å². The van der Waals surface area contributed by atoms with Gasteiger partial charge in [0, 0.05) is 55.9 Å². The first kappa shape index (κ1) is 31.6. The molecular weight excluding hydrogens is 611 g/mol. The largest absolute Gasteiger partial charge is 0.487 e. The van der Waals surface area contributed by atoms with Crippen molar-refractivity contribution in [3.63, 3.8) is 0 Å². The predicted octanol–water partition coefficient (Wildman–Crippen LogP) is 10.1. The zero-order chi connectivity index (χ0) is 35.3. The van der Waals surface area contributed by atoms with Gasteiger partial charge in [-0.1, -0.05) is 84.0 Å². The number of benzene rings is 4. The maximum absolute atomic E-state index is 7.52. The van der Waals surface area contributed by atoms with Crippen LogP contribution in [0.1, 0.15) is 102 Å². The van der Waals surface area contributed by atoms with Crippen molar-refractivity contribution in [3.8, 4) is 5.75 Å². The molecule has 50 heavy (non-hydrogen) atoms. The molecule has 0 bridgehead atoms. The molecule has 0 atom stereocenters. The highest BCUT2D eigenvalue weighted by Gasteiger charge is 2.56. The minimum absolute atomic E-state index is 0.0587. The third-order valence-corrected chi connectivity index (χ3v) is 13.1. The van der Waals surface area contributed by atoms with Crippen LogP contribution >= 0.6 is 0 Å². The molecule has 1 aromatic heterocycles. The third kappa shape index (κ3) is 3.95. The molecule has 4 nitrogen and oxygen atoms in total. The second kappa shape index (κ2) is 9.90. The van der Waals surface area contributed by atoms with Crippen molar-refractivity contribution >= 4 is 57.4 Å². The molecule has 0 unspecified atom stereocenters. The van der Waals surface area contributed by atoms with Gasteiger partial charge in [0.15, 0.2) is 0 Å². The summed E-state index contributed by atoms with van der Waals surface area (Å²) in [6.45, 7) is 25.3. The highest BCUT2D eigenvalue weighted by molar-refractivity contribution is 7.00. The molecule has 5 aromatic rings. The molecule has 9 rings (SSSR count). The number of para-hydroxylation sites is 2. The molecule has 4 aromatic carbocycles. The number of hydrogen-bond acceptors (Lipinski definition) is 4. The van der Waals surface area contributed by atoms with Crippen LogP contribution in [0.2, 0.25) is 0 Å². The van der Waals surface area contributed by atoms with Crippen LogP contribution in [-0.4, -0.2) is 12.3 Å². The number of ether oxygens (including phenoxy) is 1. The normalized spacial score (nSPS) is 19.6. The predicted molar refractivity (Wildman–Crippen MR) is 210 cm³/mol. The Morgan fingerprint density at radius 2 is 1.20 bits per heavy atom. The van der Waals surface area contributed by atoms with Gasteiger partial charge >= 0.3 is 6.71 Å². The summed E-state index contributed by atoms with van der Waals surface area (Å²) < 4.78 is 14.7. The lowest BCUT2D eigenvalue weighted by Gasteiger charge is -2.45. The van der Waals surface area contributed by atoms with E-state index in [0.29, 0.717) is 0 Å². The van der Waals surface area contributed by atoms with Crippen molar-refractivity contribution in [2.75, 3.05) is 9.80 Å². The third-order valence-electron chi connectivity index (χ3n) is 13.1. The second-order valence-corrected chi connectivity index (χ2v) is 17.8. The second-order valence-electron chi connectivity index (χ2n) is 17.8. The van der Waals surface area contributed by atoms with Gasteiger partial charge in [-0.3, -0.25) is 0 Å². The van der Waals surface area contributed by atoms with E-state index in [-0.39, 0.29) is 28.6 Å². The van der Waals surface area contributed by atoms with Crippen LogP contribution in [0.3, 0.4) is 0 Å². The number of aryl methyl sites for hydroxylation is 3. The van der Waals surface area contributed by atoms with E-state index in [9.17, 15) is 0 Å². The summed E-state index contributed by atoms with van der Waals surface area (Å²) in [5, 5.41) is 0. The molecule has 4 aliphatic rings. The summed E-state index contributed by atoms with van der Waals surface area (Å²) in [5.41, 5.74) is 16.4. The highest BCUT2D eigenvalue weighted by Crippen LogP contribution is 2.57. The molecule has 3 aliphatic heterocycles. The molecule has 1 aliphatic carbocycles. The van der Waals surface area contributed by atoms with E-state index in [2.05, 4.69) is 159 Å². The van der Waals surface area contributed by atoms with Crippen molar-refractivity contribution in [1.82, 2.24) is 0 Å². The molecule has 254 valence electrons. The van der Waals surface area contributed by atoms with Crippen molar-refractivity contribution in [3.05, 3.63) is 106 Å². The number of fused-ring (bicyclic) bond motifs is 8. The monoisotopic (exact) mass is 660 g/mol. The maximum atomic E-state index is 7.52. The lowest BCUT2D eigenvalue weighted by atomic mass is 9.35. The van der Waals surface area contributed by atoms with E-state index >= 15 is 0 Å². The number of furan rings is 1. The zero-order valence-corrected chi connectivity index (χ0v) is 31.6. The Balaban J connectivity index is 1.48. The Kier molecular flexibility index (Phi) is 6.26. The standard InChI is InChI=1S/C45H49BN2O2/c1-26-24-33-36-34(25-26)48(31-19-15-13-17-28(31)3)38-35-40(43(6,7)23-22-42(35,4)5)49-41(38)46(36)37-32(47(33)30-18-14-12-16-27(30)2)21-20-29-39(37)50-45(10,11)44(29,8)9/h12-21,24-25H,22-23H2,1-11H3. The fraction of sp³-hybridized carbons (Fsp3) is 0.378. The van der Waals surface area contributed by atoms with Crippen LogP contribution < -0.4 is 31.1 Å². The van der Waals surface area contributed by atoms with Crippen LogP contribution in [0, 0.1) is 20.8 Å². The topological polar surface area (TPSA) is 28.9 Å². The Morgan fingerprint density at radius 3 is 1.84 bits per heavy atom. The van der Waals surface area contributed by atoms with E-state index in [4.69, 9.17) is 9.15 Å². The first-order valence-corrected chi connectivity index (χ1v) is 18.5. The highest BCUT2D eigenvalue weighted by atomic mass is 16.5. The van der Waals surface area contributed by atoms with Gasteiger partial charge < -0.3 is 19.0 Å². The number of anilines is 6. The van der Waals surface area contributed by atoms with E-state index in [0.717, 1.165) is 30.0 Å². The Bertz CT molecular complexity index is 2270. The van der Waals surface area contributed by atoms with Crippen LogP contribution in [0.5, 0.6) is 5.75 Å². The van der Waals surface area contributed by atoms with Crippen molar-refractivity contribution in [2.24, 2.45) is 0 Å². The van der Waals surface area contributed by atoms with Gasteiger partial charge in [-0.25, -0.2) is 0 Å². The van der Waals surface area contributed by atoms with Crippen molar-refractivity contribution < 1.29 is 9.15 Å². The summed E-state index contributed by atoms with van der Waals surface area (Å²) in [4.78, 5) is 5.07. The number of rotatable bonds is 2. The summed E-state index contributed by atoms with van der Waals surface area (Å²) >= 11 is 0. The minimum Gasteiger partial charge on any atom is -0.487 e. The van der Waals surface area contributed by atoms with Gasteiger partial charge in [0.2, 0.25) is 0 Å². The SMILES string of the molecule is Cc1cc2c3c(c1)N(c1ccccc1C)c1c(oc4c1C(C)(C)CCC4(C)C)B3c1c(ccc3c1OC(C)(C)C3(C)C)N2c1ccccc1C. The average Bonchev–Trinajstić information content (AvgIpc) is 3.54. The van der Waals surface area contributed by atoms with Crippen LogP contribution in [0.25, 0.3) is 0 Å². The van der Waals surface area contributed by atoms with Gasteiger partial charge in [0.25, 0.3) is 0 Å². The summed E-state index contributed by atoms with van der Waals surface area (Å²) in [6, 6.07) is 27.1. The Morgan fingerprint density at radius 1 is 0.620 bits per heavy atom. The molecule has 4 heterocycles. The smallest absolute Gasteiger partial charge is 0.301 e. The fourth-order valence-corrected chi connectivity index (χ4v) is 9.42. The number of hydrogen-bond donors (Lipinski definition) is 0. The molecular formula is C45H49BN2O2. The minimum atomic E-state index is -0.384. The molecule has 0 saturated heterocycles. The maximum Gasteiger partial charge on any atom is 0.301 e. The lowest BCUT2D eigenvalue weighted by Crippen LogP contribution is -2.61. The van der Waals surface area contributed by atoms with Crippen LogP contribution in [0.4, 0.5) is 34.1 Å². The van der Waals surface area contributed by atoms with Gasteiger partial charge in [0.1, 0.15) is 17.1 Å². The first-order valence-electron chi connectivity index (χ1n) is 18.5. The molecule has 0 radical (unpaired) electrons. The Labute approximate surface area is 298 Å². The summed E-state index contributed by atoms with van der Waals surface area (Å²) in [7, 11) is 0. The van der Waals surface area contributed by atoms with Gasteiger partial charge in [-0.15, -0.1) is 0 Å². The van der Waals surface area contributed by atoms with Crippen molar-refractivity contribution in [2.45, 2.75) is 111 Å². The zero-order valence-electron chi connectivity index (χ0n) is 31.6. The molecule has 0 N–H and O–H groups in total. The molecule has 5 heteroatoms. The molecule has 0 fully saturated rings. The summed E-state index contributed by atoms with van der Waals surface area (Å²) in [5.74, 6) is 2.15. The lowest BCUT2D eigenvalue weighted by molar-refractivity contribution is 0.0720. The quantitative estimate of drug-likeness (QED) is 0.173. The Hall–Kier alpha value is -4.38. The van der Waals surface area contributed by atoms with E-state index in [1.165, 1.54) is 72.9 Å². The molecule has 0 spiro atoms. The van der Waals surface area contributed by atoms with E-state index in [1.807, 2.05) is 0 Å². The number of nitrogens with zero attached hydrogens (tertiary/aromatic N) is 2. The molecule has 0 saturated carbocycles. The van der Waals surface area contributed by atoms with Crippen molar-refractivity contribution in [1.29, 1.82) is 0 Å². The van der Waals surface area contributed by atoms with E-state index in [1.54, 1.807) is 0 Å². The van der Waals surface area contributed by atoms with Crippen LogP contribution in [0.15, 0.2) is 77.2 Å². The van der Waals surface area contributed by atoms with E-state index < -0.39 is 0 Å². The average molecular weight is 661 g/mol.